The van der Waals surface area contributed by atoms with Gasteiger partial charge in [0.1, 0.15) is 0 Å². The zero-order valence-corrected chi connectivity index (χ0v) is 15.9. The molecule has 1 aliphatic rings. The van der Waals surface area contributed by atoms with E-state index >= 15 is 0 Å². The molecule has 0 bridgehead atoms. The van der Waals surface area contributed by atoms with Crippen LogP contribution in [0.4, 0.5) is 0 Å². The van der Waals surface area contributed by atoms with E-state index in [0.717, 1.165) is 40.4 Å². The summed E-state index contributed by atoms with van der Waals surface area (Å²) < 4.78 is 25.7. The SMILES string of the molecule is CS(=O)(=O)c1c(C2CC2)ccc(-c2cccc3ncccc23)c1-c1nn[nH]n1. The van der Waals surface area contributed by atoms with Gasteiger partial charge in [-0.05, 0) is 52.8 Å². The van der Waals surface area contributed by atoms with Gasteiger partial charge in [-0.1, -0.05) is 30.3 Å². The number of hydrogen-bond acceptors (Lipinski definition) is 6. The minimum Gasteiger partial charge on any atom is -0.256 e. The molecule has 1 aliphatic carbocycles. The van der Waals surface area contributed by atoms with Crippen LogP contribution >= 0.6 is 0 Å². The minimum atomic E-state index is -3.52. The third kappa shape index (κ3) is 2.77. The second kappa shape index (κ2) is 6.20. The summed E-state index contributed by atoms with van der Waals surface area (Å²) in [6.07, 6.45) is 4.97. The second-order valence-electron chi connectivity index (χ2n) is 7.06. The molecule has 140 valence electrons. The van der Waals surface area contributed by atoms with Crippen LogP contribution in [0.15, 0.2) is 53.6 Å². The van der Waals surface area contributed by atoms with Gasteiger partial charge < -0.3 is 0 Å². The van der Waals surface area contributed by atoms with Gasteiger partial charge >= 0.3 is 0 Å². The van der Waals surface area contributed by atoms with Crippen molar-refractivity contribution in [1.29, 1.82) is 0 Å². The highest BCUT2D eigenvalue weighted by atomic mass is 32.2. The van der Waals surface area contributed by atoms with Crippen LogP contribution < -0.4 is 0 Å². The lowest BCUT2D eigenvalue weighted by atomic mass is 9.93. The molecule has 0 spiro atoms. The van der Waals surface area contributed by atoms with Crippen molar-refractivity contribution in [3.05, 3.63) is 54.2 Å². The Morgan fingerprint density at radius 1 is 1.04 bits per heavy atom. The van der Waals surface area contributed by atoms with E-state index in [4.69, 9.17) is 0 Å². The number of H-pyrrole nitrogens is 1. The monoisotopic (exact) mass is 391 g/mol. The van der Waals surface area contributed by atoms with Crippen molar-refractivity contribution in [3.8, 4) is 22.5 Å². The third-order valence-corrected chi connectivity index (χ3v) is 6.26. The number of benzene rings is 2. The van der Waals surface area contributed by atoms with Crippen LogP contribution in [0.1, 0.15) is 24.3 Å². The average molecular weight is 391 g/mol. The van der Waals surface area contributed by atoms with Crippen LogP contribution in [0.2, 0.25) is 0 Å². The molecule has 7 nitrogen and oxygen atoms in total. The molecule has 2 aromatic heterocycles. The van der Waals surface area contributed by atoms with E-state index in [9.17, 15) is 8.42 Å². The fraction of sp³-hybridized carbons (Fsp3) is 0.200. The average Bonchev–Trinajstić information content (AvgIpc) is 3.40. The lowest BCUT2D eigenvalue weighted by Gasteiger charge is -2.17. The van der Waals surface area contributed by atoms with Crippen molar-refractivity contribution in [2.24, 2.45) is 0 Å². The summed E-state index contributed by atoms with van der Waals surface area (Å²) >= 11 is 0. The molecule has 28 heavy (non-hydrogen) atoms. The Morgan fingerprint density at radius 2 is 1.89 bits per heavy atom. The highest BCUT2D eigenvalue weighted by molar-refractivity contribution is 7.91. The zero-order chi connectivity index (χ0) is 19.3. The molecule has 0 saturated heterocycles. The molecule has 0 unspecified atom stereocenters. The maximum atomic E-state index is 12.9. The number of pyridine rings is 1. The van der Waals surface area contributed by atoms with Gasteiger partial charge in [0, 0.05) is 23.4 Å². The molecule has 2 aromatic carbocycles. The van der Waals surface area contributed by atoms with Gasteiger partial charge in [-0.3, -0.25) is 4.98 Å². The van der Waals surface area contributed by atoms with Gasteiger partial charge in [0.05, 0.1) is 10.4 Å². The maximum absolute atomic E-state index is 12.9. The Hall–Kier alpha value is -3.13. The number of nitrogens with one attached hydrogen (secondary N) is 1. The molecular weight excluding hydrogens is 374 g/mol. The number of aromatic nitrogens is 5. The second-order valence-corrected chi connectivity index (χ2v) is 9.02. The molecule has 1 N–H and O–H groups in total. The molecule has 1 saturated carbocycles. The molecule has 8 heteroatoms. The molecule has 1 fully saturated rings. The molecule has 0 aliphatic heterocycles. The third-order valence-electron chi connectivity index (χ3n) is 5.08. The standard InChI is InChI=1S/C20H17N5O2S/c1-28(26,27)19-13(12-7-8-12)9-10-16(18(19)20-22-24-25-23-20)14-4-2-6-17-15(14)5-3-11-21-17/h2-6,9-12H,7-8H2,1H3,(H,22,23,24,25). The van der Waals surface area contributed by atoms with Gasteiger partial charge in [0.15, 0.2) is 9.84 Å². The van der Waals surface area contributed by atoms with E-state index in [1.54, 1.807) is 6.20 Å². The number of aromatic amines is 1. The van der Waals surface area contributed by atoms with Crippen molar-refractivity contribution in [1.82, 2.24) is 25.6 Å². The first kappa shape index (κ1) is 17.0. The Kier molecular flexibility index (Phi) is 3.77. The predicted octanol–water partition coefficient (Wildman–Crippen LogP) is 3.36. The number of nitrogens with zero attached hydrogens (tertiary/aromatic N) is 4. The summed E-state index contributed by atoms with van der Waals surface area (Å²) in [5, 5.41) is 15.3. The van der Waals surface area contributed by atoms with Gasteiger partial charge in [-0.25, -0.2) is 8.42 Å². The fourth-order valence-electron chi connectivity index (χ4n) is 3.77. The topological polar surface area (TPSA) is 101 Å². The Labute approximate surface area is 161 Å². The van der Waals surface area contributed by atoms with Gasteiger partial charge in [0.25, 0.3) is 0 Å². The fourth-order valence-corrected chi connectivity index (χ4v) is 5.00. The molecule has 5 rings (SSSR count). The minimum absolute atomic E-state index is 0.263. The molecule has 4 aromatic rings. The van der Waals surface area contributed by atoms with E-state index in [1.165, 1.54) is 6.26 Å². The molecular formula is C20H17N5O2S. The summed E-state index contributed by atoms with van der Waals surface area (Å²) in [6, 6.07) is 13.6. The van der Waals surface area contributed by atoms with Crippen molar-refractivity contribution < 1.29 is 8.42 Å². The quantitative estimate of drug-likeness (QED) is 0.572. The Bertz CT molecular complexity index is 1290. The van der Waals surface area contributed by atoms with Crippen molar-refractivity contribution in [3.63, 3.8) is 0 Å². The number of hydrogen-bond donors (Lipinski definition) is 1. The summed E-state index contributed by atoms with van der Waals surface area (Å²) in [4.78, 5) is 4.72. The first-order chi connectivity index (χ1) is 13.5. The number of sulfone groups is 1. The lowest BCUT2D eigenvalue weighted by Crippen LogP contribution is -2.07. The summed E-state index contributed by atoms with van der Waals surface area (Å²) in [6.45, 7) is 0. The first-order valence-electron chi connectivity index (χ1n) is 8.99. The summed E-state index contributed by atoms with van der Waals surface area (Å²) in [5.74, 6) is 0.539. The van der Waals surface area contributed by atoms with Crippen molar-refractivity contribution >= 4 is 20.7 Å². The van der Waals surface area contributed by atoms with Crippen LogP contribution in [-0.2, 0) is 9.84 Å². The van der Waals surface area contributed by atoms with E-state index in [0.29, 0.717) is 10.5 Å². The lowest BCUT2D eigenvalue weighted by molar-refractivity contribution is 0.601. The van der Waals surface area contributed by atoms with E-state index in [1.807, 2.05) is 42.5 Å². The van der Waals surface area contributed by atoms with Crippen molar-refractivity contribution in [2.45, 2.75) is 23.7 Å². The molecule has 2 heterocycles. The largest absolute Gasteiger partial charge is 0.256 e. The maximum Gasteiger partial charge on any atom is 0.206 e. The van der Waals surface area contributed by atoms with Crippen LogP contribution in [0.5, 0.6) is 0 Å². The van der Waals surface area contributed by atoms with Crippen LogP contribution in [0.3, 0.4) is 0 Å². The normalized spacial score (nSPS) is 14.5. The predicted molar refractivity (Wildman–Crippen MR) is 105 cm³/mol. The zero-order valence-electron chi connectivity index (χ0n) is 15.1. The Balaban J connectivity index is 1.91. The summed E-state index contributed by atoms with van der Waals surface area (Å²) in [5.41, 5.74) is 3.81. The van der Waals surface area contributed by atoms with E-state index < -0.39 is 9.84 Å². The first-order valence-corrected chi connectivity index (χ1v) is 10.9. The van der Waals surface area contributed by atoms with Gasteiger partial charge in [0.2, 0.25) is 5.82 Å². The van der Waals surface area contributed by atoms with Crippen molar-refractivity contribution in [2.75, 3.05) is 6.26 Å². The number of rotatable bonds is 4. The molecule has 0 radical (unpaired) electrons. The van der Waals surface area contributed by atoms with E-state index in [2.05, 4.69) is 25.6 Å². The van der Waals surface area contributed by atoms with Gasteiger partial charge in [-0.2, -0.15) is 5.21 Å². The molecule has 0 amide bonds. The summed E-state index contributed by atoms with van der Waals surface area (Å²) in [7, 11) is -3.52. The number of tetrazole rings is 1. The van der Waals surface area contributed by atoms with Gasteiger partial charge in [-0.15, -0.1) is 10.2 Å². The molecule has 0 atom stereocenters. The number of fused-ring (bicyclic) bond motifs is 1. The van der Waals surface area contributed by atoms with E-state index in [-0.39, 0.29) is 11.7 Å². The smallest absolute Gasteiger partial charge is 0.206 e. The van der Waals surface area contributed by atoms with Crippen LogP contribution in [-0.4, -0.2) is 40.3 Å². The highest BCUT2D eigenvalue weighted by Crippen LogP contribution is 2.48. The van der Waals surface area contributed by atoms with Crippen LogP contribution in [0.25, 0.3) is 33.4 Å². The highest BCUT2D eigenvalue weighted by Gasteiger charge is 2.33. The Morgan fingerprint density at radius 3 is 2.61 bits per heavy atom. The van der Waals surface area contributed by atoms with Crippen LogP contribution in [0, 0.1) is 0 Å².